The van der Waals surface area contributed by atoms with Crippen molar-refractivity contribution in [3.8, 4) is 0 Å². The molecule has 0 aromatic carbocycles. The molecule has 0 aromatic rings. The number of carbonyl (C=O) groups excluding carboxylic acids is 2. The van der Waals surface area contributed by atoms with Gasteiger partial charge in [-0.2, -0.15) is 0 Å². The van der Waals surface area contributed by atoms with Crippen molar-refractivity contribution in [2.24, 2.45) is 17.8 Å². The second-order valence-corrected chi connectivity index (χ2v) is 4.64. The molecule has 0 radical (unpaired) electrons. The Labute approximate surface area is 87.2 Å². The van der Waals surface area contributed by atoms with Crippen molar-refractivity contribution in [1.29, 1.82) is 0 Å². The highest BCUT2D eigenvalue weighted by atomic mass is 16.6. The van der Waals surface area contributed by atoms with Crippen molar-refractivity contribution in [2.75, 3.05) is 0 Å². The summed E-state index contributed by atoms with van der Waals surface area (Å²) in [6.45, 7) is 5.15. The van der Waals surface area contributed by atoms with Crippen molar-refractivity contribution in [1.82, 2.24) is 0 Å². The van der Waals surface area contributed by atoms with Gasteiger partial charge in [0.1, 0.15) is 12.2 Å². The minimum atomic E-state index is -0.380. The van der Waals surface area contributed by atoms with Crippen LogP contribution < -0.4 is 0 Å². The summed E-state index contributed by atoms with van der Waals surface area (Å²) < 4.78 is 10.5. The predicted octanol–water partition coefficient (Wildman–Crippen LogP) is 0.666. The normalized spacial score (nSPS) is 44.6. The van der Waals surface area contributed by atoms with E-state index in [1.54, 1.807) is 6.92 Å². The molecule has 4 aliphatic rings. The van der Waals surface area contributed by atoms with Crippen molar-refractivity contribution in [3.05, 3.63) is 12.2 Å². The van der Waals surface area contributed by atoms with Crippen LogP contribution in [0.3, 0.4) is 0 Å². The van der Waals surface area contributed by atoms with Gasteiger partial charge in [0.25, 0.3) is 0 Å². The van der Waals surface area contributed by atoms with E-state index in [4.69, 9.17) is 9.47 Å². The van der Waals surface area contributed by atoms with Crippen molar-refractivity contribution < 1.29 is 19.1 Å². The van der Waals surface area contributed by atoms with Gasteiger partial charge in [0.05, 0.1) is 5.92 Å². The van der Waals surface area contributed by atoms with Crippen LogP contribution in [0.25, 0.3) is 0 Å². The molecule has 0 amide bonds. The van der Waals surface area contributed by atoms with Gasteiger partial charge in [0.15, 0.2) is 0 Å². The van der Waals surface area contributed by atoms with E-state index in [0.29, 0.717) is 11.5 Å². The third-order valence-electron chi connectivity index (χ3n) is 3.75. The summed E-state index contributed by atoms with van der Waals surface area (Å²) in [5.74, 6) is 0.00557. The average Bonchev–Trinajstić information content (AvgIpc) is 2.62. The molecular weight excluding hydrogens is 196 g/mol. The maximum absolute atomic E-state index is 11.4. The van der Waals surface area contributed by atoms with Crippen LogP contribution in [0.1, 0.15) is 13.3 Å². The highest BCUT2D eigenvalue weighted by Crippen LogP contribution is 2.60. The largest absolute Gasteiger partial charge is 0.458 e. The SMILES string of the molecule is C=C(C)C(=O)OC1C2C[C@@H]3C1OC(=O)C23. The number of hydrogen-bond donors (Lipinski definition) is 0. The number of ether oxygens (including phenoxy) is 2. The van der Waals surface area contributed by atoms with Gasteiger partial charge in [-0.1, -0.05) is 6.58 Å². The lowest BCUT2D eigenvalue weighted by Crippen LogP contribution is -2.40. The number of rotatable bonds is 2. The van der Waals surface area contributed by atoms with E-state index in [1.807, 2.05) is 0 Å². The van der Waals surface area contributed by atoms with Crippen LogP contribution in [0, 0.1) is 17.8 Å². The van der Waals surface area contributed by atoms with Crippen LogP contribution in [-0.4, -0.2) is 24.1 Å². The third kappa shape index (κ3) is 0.967. The van der Waals surface area contributed by atoms with Gasteiger partial charge in [-0.3, -0.25) is 4.79 Å². The Morgan fingerprint density at radius 2 is 2.27 bits per heavy atom. The first-order chi connectivity index (χ1) is 7.09. The minimum absolute atomic E-state index is 0.00192. The monoisotopic (exact) mass is 208 g/mol. The van der Waals surface area contributed by atoms with Crippen LogP contribution in [0.4, 0.5) is 0 Å². The third-order valence-corrected chi connectivity index (χ3v) is 3.75. The molecule has 1 aliphatic heterocycles. The van der Waals surface area contributed by atoms with Crippen LogP contribution >= 0.6 is 0 Å². The summed E-state index contributed by atoms with van der Waals surface area (Å²) in [5.41, 5.74) is 0.390. The van der Waals surface area contributed by atoms with Gasteiger partial charge in [-0.05, 0) is 13.3 Å². The van der Waals surface area contributed by atoms with Gasteiger partial charge in [0.2, 0.25) is 0 Å². The van der Waals surface area contributed by atoms with E-state index in [9.17, 15) is 9.59 Å². The summed E-state index contributed by atoms with van der Waals surface area (Å²) in [6.07, 6.45) is 0.549. The quantitative estimate of drug-likeness (QED) is 0.494. The van der Waals surface area contributed by atoms with Crippen molar-refractivity contribution in [3.63, 3.8) is 0 Å². The Hall–Kier alpha value is -1.32. The molecule has 4 fully saturated rings. The van der Waals surface area contributed by atoms with Gasteiger partial charge in [0, 0.05) is 17.4 Å². The Kier molecular flexibility index (Phi) is 1.56. The molecule has 4 heteroatoms. The zero-order valence-corrected chi connectivity index (χ0v) is 8.43. The fourth-order valence-electron chi connectivity index (χ4n) is 2.99. The smallest absolute Gasteiger partial charge is 0.333 e. The summed E-state index contributed by atoms with van der Waals surface area (Å²) in [5, 5.41) is 0. The highest BCUT2D eigenvalue weighted by molar-refractivity contribution is 5.87. The lowest BCUT2D eigenvalue weighted by molar-refractivity contribution is -0.170. The number of carbonyl (C=O) groups is 2. The highest BCUT2D eigenvalue weighted by Gasteiger charge is 2.70. The van der Waals surface area contributed by atoms with Gasteiger partial charge in [-0.15, -0.1) is 0 Å². The van der Waals surface area contributed by atoms with Gasteiger partial charge in [-0.25, -0.2) is 4.79 Å². The Morgan fingerprint density at radius 3 is 2.80 bits per heavy atom. The lowest BCUT2D eigenvalue weighted by Gasteiger charge is -2.31. The van der Waals surface area contributed by atoms with Crippen LogP contribution in [-0.2, 0) is 19.1 Å². The maximum Gasteiger partial charge on any atom is 0.333 e. The Balaban J connectivity index is 1.74. The number of esters is 2. The van der Waals surface area contributed by atoms with E-state index in [0.717, 1.165) is 6.42 Å². The maximum atomic E-state index is 11.4. The Morgan fingerprint density at radius 1 is 1.53 bits per heavy atom. The van der Waals surface area contributed by atoms with Crippen LogP contribution in [0.15, 0.2) is 12.2 Å². The molecule has 4 nitrogen and oxygen atoms in total. The molecule has 0 spiro atoms. The predicted molar refractivity (Wildman–Crippen MR) is 49.7 cm³/mol. The summed E-state index contributed by atoms with van der Waals surface area (Å²) in [4.78, 5) is 22.6. The molecule has 4 rings (SSSR count). The van der Waals surface area contributed by atoms with E-state index < -0.39 is 0 Å². The minimum Gasteiger partial charge on any atom is -0.458 e. The zero-order chi connectivity index (χ0) is 10.7. The van der Waals surface area contributed by atoms with Crippen LogP contribution in [0.5, 0.6) is 0 Å². The van der Waals surface area contributed by atoms with Crippen molar-refractivity contribution >= 4 is 11.9 Å². The fourth-order valence-corrected chi connectivity index (χ4v) is 2.99. The van der Waals surface area contributed by atoms with E-state index in [-0.39, 0.29) is 36.0 Å². The Bertz CT molecular complexity index is 373. The van der Waals surface area contributed by atoms with E-state index in [1.165, 1.54) is 0 Å². The molecule has 0 N–H and O–H groups in total. The molecule has 5 atom stereocenters. The summed E-state index contributed by atoms with van der Waals surface area (Å²) in [6, 6.07) is 0. The molecule has 1 saturated heterocycles. The first kappa shape index (κ1) is 8.95. The lowest BCUT2D eigenvalue weighted by atomic mass is 9.73. The van der Waals surface area contributed by atoms with Crippen molar-refractivity contribution in [2.45, 2.75) is 25.6 Å². The first-order valence-electron chi connectivity index (χ1n) is 5.16. The summed E-state index contributed by atoms with van der Waals surface area (Å²) >= 11 is 0. The molecule has 4 unspecified atom stereocenters. The topological polar surface area (TPSA) is 52.6 Å². The molecule has 4 bridgehead atoms. The zero-order valence-electron chi connectivity index (χ0n) is 8.43. The molecule has 0 aromatic heterocycles. The average molecular weight is 208 g/mol. The number of hydrogen-bond acceptors (Lipinski definition) is 4. The first-order valence-corrected chi connectivity index (χ1v) is 5.16. The van der Waals surface area contributed by atoms with E-state index >= 15 is 0 Å². The molecular formula is C11H12O4. The van der Waals surface area contributed by atoms with E-state index in [2.05, 4.69) is 6.58 Å². The van der Waals surface area contributed by atoms with Gasteiger partial charge >= 0.3 is 11.9 Å². The molecule has 3 saturated carbocycles. The second-order valence-electron chi connectivity index (χ2n) is 4.64. The van der Waals surface area contributed by atoms with Gasteiger partial charge < -0.3 is 9.47 Å². The molecule has 3 aliphatic carbocycles. The fraction of sp³-hybridized carbons (Fsp3) is 0.636. The summed E-state index contributed by atoms with van der Waals surface area (Å²) in [7, 11) is 0. The van der Waals surface area contributed by atoms with Crippen LogP contribution in [0.2, 0.25) is 0 Å². The second kappa shape index (κ2) is 2.62. The molecule has 80 valence electrons. The standard InChI is InChI=1S/C11H12O4/c1-4(2)10(12)14-8-5-3-6-7(5)11(13)15-9(6)8/h5-9H,1,3H2,2H3/t5?,6-,7?,8?,9?/m0/s1. The molecule has 1 heterocycles. The molecule has 15 heavy (non-hydrogen) atoms.